The van der Waals surface area contributed by atoms with Crippen LogP contribution in [0.25, 0.3) is 0 Å². The van der Waals surface area contributed by atoms with Crippen molar-refractivity contribution >= 4 is 23.2 Å². The Morgan fingerprint density at radius 2 is 2.11 bits per heavy atom. The van der Waals surface area contributed by atoms with E-state index >= 15 is 0 Å². The maximum atomic E-state index is 13.3. The molecule has 0 saturated heterocycles. The van der Waals surface area contributed by atoms with Crippen LogP contribution in [0.3, 0.4) is 0 Å². The number of nitrogens with one attached hydrogen (secondary N) is 1. The van der Waals surface area contributed by atoms with E-state index in [1.165, 1.54) is 12.3 Å². The summed E-state index contributed by atoms with van der Waals surface area (Å²) in [6.45, 7) is 0. The number of aromatic nitrogens is 1. The predicted octanol–water partition coefficient (Wildman–Crippen LogP) is 3.06. The molecule has 0 aliphatic carbocycles. The number of anilines is 1. The average Bonchev–Trinajstić information content (AvgIpc) is 2.35. The minimum atomic E-state index is -0.565. The van der Waals surface area contributed by atoms with Crippen LogP contribution in [0.4, 0.5) is 10.1 Å². The Hall–Kier alpha value is -1.94. The quantitative estimate of drug-likeness (QED) is 0.926. The third-order valence-electron chi connectivity index (χ3n) is 2.36. The Kier molecular flexibility index (Phi) is 3.89. The molecule has 0 aliphatic rings. The molecule has 1 amide bonds. The third-order valence-corrected chi connectivity index (χ3v) is 2.72. The van der Waals surface area contributed by atoms with Gasteiger partial charge in [-0.25, -0.2) is 4.39 Å². The molecule has 92 valence electrons. The first-order valence-electron chi connectivity index (χ1n) is 5.29. The van der Waals surface area contributed by atoms with E-state index in [0.29, 0.717) is 10.6 Å². The summed E-state index contributed by atoms with van der Waals surface area (Å²) in [7, 11) is 0. The molecule has 2 rings (SSSR count). The van der Waals surface area contributed by atoms with E-state index in [1.807, 2.05) is 0 Å². The Balaban J connectivity index is 2.06. The summed E-state index contributed by atoms with van der Waals surface area (Å²) in [5.41, 5.74) is 0.813. The van der Waals surface area contributed by atoms with E-state index in [-0.39, 0.29) is 18.0 Å². The molecule has 0 fully saturated rings. The standard InChI is InChI=1S/C13H10ClFN2O/c14-10-4-2-1-3-9(10)7-13(18)17-12-5-6-16-8-11(12)15/h1-6,8H,7H2,(H,16,17,18). The Morgan fingerprint density at radius 3 is 2.83 bits per heavy atom. The largest absolute Gasteiger partial charge is 0.323 e. The second kappa shape index (κ2) is 5.60. The van der Waals surface area contributed by atoms with E-state index < -0.39 is 5.82 Å². The average molecular weight is 265 g/mol. The van der Waals surface area contributed by atoms with Crippen molar-refractivity contribution in [3.8, 4) is 0 Å². The fourth-order valence-electron chi connectivity index (χ4n) is 1.49. The highest BCUT2D eigenvalue weighted by Gasteiger charge is 2.09. The minimum absolute atomic E-state index is 0.0986. The molecule has 0 atom stereocenters. The van der Waals surface area contributed by atoms with Gasteiger partial charge in [-0.3, -0.25) is 9.78 Å². The fraction of sp³-hybridized carbons (Fsp3) is 0.0769. The van der Waals surface area contributed by atoms with Crippen LogP contribution in [0.5, 0.6) is 0 Å². The van der Waals surface area contributed by atoms with Gasteiger partial charge in [0.25, 0.3) is 0 Å². The van der Waals surface area contributed by atoms with E-state index in [0.717, 1.165) is 6.20 Å². The van der Waals surface area contributed by atoms with E-state index in [4.69, 9.17) is 11.6 Å². The van der Waals surface area contributed by atoms with Gasteiger partial charge in [-0.05, 0) is 17.7 Å². The number of pyridine rings is 1. The Labute approximate surface area is 109 Å². The van der Waals surface area contributed by atoms with Crippen LogP contribution < -0.4 is 5.32 Å². The Bertz CT molecular complexity index is 525. The summed E-state index contributed by atoms with van der Waals surface area (Å²) in [5.74, 6) is -0.891. The molecule has 0 bridgehead atoms. The van der Waals surface area contributed by atoms with Crippen LogP contribution in [0.15, 0.2) is 42.7 Å². The van der Waals surface area contributed by atoms with Gasteiger partial charge < -0.3 is 5.32 Å². The molecule has 18 heavy (non-hydrogen) atoms. The van der Waals surface area contributed by atoms with Crippen LogP contribution in [-0.2, 0) is 11.2 Å². The van der Waals surface area contributed by atoms with Crippen molar-refractivity contribution in [1.29, 1.82) is 0 Å². The topological polar surface area (TPSA) is 42.0 Å². The summed E-state index contributed by atoms with van der Waals surface area (Å²) < 4.78 is 13.3. The van der Waals surface area contributed by atoms with Crippen molar-refractivity contribution < 1.29 is 9.18 Å². The van der Waals surface area contributed by atoms with Gasteiger partial charge in [0.05, 0.1) is 18.3 Å². The molecule has 2 aromatic rings. The lowest BCUT2D eigenvalue weighted by Crippen LogP contribution is -2.15. The van der Waals surface area contributed by atoms with Crippen molar-refractivity contribution in [3.05, 3.63) is 59.1 Å². The highest BCUT2D eigenvalue weighted by Crippen LogP contribution is 2.17. The van der Waals surface area contributed by atoms with Gasteiger partial charge in [0, 0.05) is 11.2 Å². The molecular weight excluding hydrogens is 255 g/mol. The minimum Gasteiger partial charge on any atom is -0.323 e. The van der Waals surface area contributed by atoms with E-state index in [2.05, 4.69) is 10.3 Å². The zero-order valence-electron chi connectivity index (χ0n) is 9.36. The van der Waals surface area contributed by atoms with Gasteiger partial charge in [-0.15, -0.1) is 0 Å². The molecule has 0 aliphatic heterocycles. The molecule has 1 heterocycles. The van der Waals surface area contributed by atoms with Crippen LogP contribution in [0.2, 0.25) is 5.02 Å². The fourth-order valence-corrected chi connectivity index (χ4v) is 1.69. The molecule has 5 heteroatoms. The second-order valence-electron chi connectivity index (χ2n) is 3.67. The normalized spacial score (nSPS) is 10.1. The molecule has 1 aromatic heterocycles. The number of hydrogen-bond acceptors (Lipinski definition) is 2. The lowest BCUT2D eigenvalue weighted by atomic mass is 10.1. The SMILES string of the molecule is O=C(Cc1ccccc1Cl)Nc1ccncc1F. The van der Waals surface area contributed by atoms with Crippen molar-refractivity contribution in [2.75, 3.05) is 5.32 Å². The number of carbonyl (C=O) groups excluding carboxylic acids is 1. The lowest BCUT2D eigenvalue weighted by Gasteiger charge is -2.06. The molecule has 0 spiro atoms. The van der Waals surface area contributed by atoms with Gasteiger partial charge >= 0.3 is 0 Å². The monoisotopic (exact) mass is 264 g/mol. The molecule has 0 radical (unpaired) electrons. The number of nitrogens with zero attached hydrogens (tertiary/aromatic N) is 1. The van der Waals surface area contributed by atoms with Gasteiger partial charge in [-0.2, -0.15) is 0 Å². The van der Waals surface area contributed by atoms with E-state index in [9.17, 15) is 9.18 Å². The van der Waals surface area contributed by atoms with Crippen LogP contribution >= 0.6 is 11.6 Å². The second-order valence-corrected chi connectivity index (χ2v) is 4.08. The summed E-state index contributed by atoms with van der Waals surface area (Å²) in [6.07, 6.45) is 2.56. The lowest BCUT2D eigenvalue weighted by molar-refractivity contribution is -0.115. The van der Waals surface area contributed by atoms with E-state index in [1.54, 1.807) is 24.3 Å². The molecule has 3 nitrogen and oxygen atoms in total. The first-order chi connectivity index (χ1) is 8.66. The molecule has 1 N–H and O–H groups in total. The smallest absolute Gasteiger partial charge is 0.228 e. The van der Waals surface area contributed by atoms with Gasteiger partial charge in [0.2, 0.25) is 5.91 Å². The van der Waals surface area contributed by atoms with Gasteiger partial charge in [-0.1, -0.05) is 29.8 Å². The van der Waals surface area contributed by atoms with Gasteiger partial charge in [0.1, 0.15) is 0 Å². The van der Waals surface area contributed by atoms with Crippen molar-refractivity contribution in [2.24, 2.45) is 0 Å². The molecule has 0 unspecified atom stereocenters. The van der Waals surface area contributed by atoms with Crippen molar-refractivity contribution in [3.63, 3.8) is 0 Å². The zero-order chi connectivity index (χ0) is 13.0. The van der Waals surface area contributed by atoms with Crippen LogP contribution in [0.1, 0.15) is 5.56 Å². The number of hydrogen-bond donors (Lipinski definition) is 1. The maximum Gasteiger partial charge on any atom is 0.228 e. The number of rotatable bonds is 3. The van der Waals surface area contributed by atoms with Crippen molar-refractivity contribution in [2.45, 2.75) is 6.42 Å². The highest BCUT2D eigenvalue weighted by atomic mass is 35.5. The molecular formula is C13H10ClFN2O. The number of benzene rings is 1. The van der Waals surface area contributed by atoms with Crippen LogP contribution in [-0.4, -0.2) is 10.9 Å². The summed E-state index contributed by atoms with van der Waals surface area (Å²) in [5, 5.41) is 2.99. The molecule has 0 saturated carbocycles. The summed E-state index contributed by atoms with van der Waals surface area (Å²) >= 11 is 5.94. The highest BCUT2D eigenvalue weighted by molar-refractivity contribution is 6.31. The molecule has 1 aromatic carbocycles. The summed E-state index contributed by atoms with van der Waals surface area (Å²) in [4.78, 5) is 15.3. The first kappa shape index (κ1) is 12.5. The van der Waals surface area contributed by atoms with Crippen molar-refractivity contribution in [1.82, 2.24) is 4.98 Å². The summed E-state index contributed by atoms with van der Waals surface area (Å²) in [6, 6.07) is 8.44. The van der Waals surface area contributed by atoms with Crippen LogP contribution in [0, 0.1) is 5.82 Å². The predicted molar refractivity (Wildman–Crippen MR) is 68.0 cm³/mol. The third kappa shape index (κ3) is 3.05. The first-order valence-corrected chi connectivity index (χ1v) is 5.67. The number of carbonyl (C=O) groups is 1. The number of amides is 1. The maximum absolute atomic E-state index is 13.3. The zero-order valence-corrected chi connectivity index (χ0v) is 10.1. The Morgan fingerprint density at radius 1 is 1.33 bits per heavy atom. The number of halogens is 2. The van der Waals surface area contributed by atoms with Gasteiger partial charge in [0.15, 0.2) is 5.82 Å².